The van der Waals surface area contributed by atoms with Crippen molar-refractivity contribution < 1.29 is 20.1 Å². The van der Waals surface area contributed by atoms with Gasteiger partial charge in [-0.1, -0.05) is 0 Å². The Hall–Kier alpha value is -0.650. The van der Waals surface area contributed by atoms with Crippen molar-refractivity contribution in [3.63, 3.8) is 0 Å². The molecule has 0 aliphatic rings. The Morgan fingerprint density at radius 3 is 2.25 bits per heavy atom. The molecule has 0 saturated heterocycles. The molecule has 0 heterocycles. The SMILES string of the molecule is O=C(O)CN(CCO)CCCO. The summed E-state index contributed by atoms with van der Waals surface area (Å²) in [6, 6.07) is 0. The van der Waals surface area contributed by atoms with E-state index >= 15 is 0 Å². The van der Waals surface area contributed by atoms with E-state index in [-0.39, 0.29) is 19.8 Å². The van der Waals surface area contributed by atoms with Crippen molar-refractivity contribution in [3.8, 4) is 0 Å². The second kappa shape index (κ2) is 7.02. The molecular weight excluding hydrogens is 162 g/mol. The fourth-order valence-electron chi connectivity index (χ4n) is 0.897. The molecule has 0 aromatic heterocycles. The number of carboxylic acids is 1. The summed E-state index contributed by atoms with van der Waals surface area (Å²) in [6.45, 7) is 0.747. The number of rotatable bonds is 7. The molecule has 0 fully saturated rings. The minimum atomic E-state index is -0.915. The second-order valence-electron chi connectivity index (χ2n) is 2.47. The van der Waals surface area contributed by atoms with Crippen LogP contribution in [0.15, 0.2) is 0 Å². The van der Waals surface area contributed by atoms with Gasteiger partial charge in [0.2, 0.25) is 0 Å². The Labute approximate surface area is 71.2 Å². The van der Waals surface area contributed by atoms with Crippen LogP contribution < -0.4 is 0 Å². The number of hydrogen-bond donors (Lipinski definition) is 3. The van der Waals surface area contributed by atoms with Crippen molar-refractivity contribution in [1.29, 1.82) is 0 Å². The molecule has 5 heteroatoms. The fourth-order valence-corrected chi connectivity index (χ4v) is 0.897. The normalized spacial score (nSPS) is 10.6. The second-order valence-corrected chi connectivity index (χ2v) is 2.47. The minimum absolute atomic E-state index is 0.0432. The third-order valence-corrected chi connectivity index (χ3v) is 1.41. The number of nitrogens with zero attached hydrogens (tertiary/aromatic N) is 1. The van der Waals surface area contributed by atoms with Crippen LogP contribution in [0.3, 0.4) is 0 Å². The molecule has 72 valence electrons. The van der Waals surface area contributed by atoms with E-state index in [0.717, 1.165) is 0 Å². The molecule has 12 heavy (non-hydrogen) atoms. The lowest BCUT2D eigenvalue weighted by atomic mass is 10.4. The number of aliphatic carboxylic acids is 1. The van der Waals surface area contributed by atoms with Gasteiger partial charge in [0.25, 0.3) is 0 Å². The summed E-state index contributed by atoms with van der Waals surface area (Å²) in [5.74, 6) is -0.915. The number of hydrogen-bond acceptors (Lipinski definition) is 4. The molecule has 5 nitrogen and oxygen atoms in total. The highest BCUT2D eigenvalue weighted by Gasteiger charge is 2.07. The van der Waals surface area contributed by atoms with Crippen molar-refractivity contribution in [2.45, 2.75) is 6.42 Å². The van der Waals surface area contributed by atoms with E-state index in [4.69, 9.17) is 15.3 Å². The summed E-state index contributed by atoms with van der Waals surface area (Å²) in [5, 5.41) is 25.5. The number of carbonyl (C=O) groups is 1. The zero-order valence-corrected chi connectivity index (χ0v) is 6.94. The molecular formula is C7H15NO4. The fraction of sp³-hybridized carbons (Fsp3) is 0.857. The quantitative estimate of drug-likeness (QED) is 0.452. The first-order valence-corrected chi connectivity index (χ1v) is 3.86. The zero-order chi connectivity index (χ0) is 9.40. The number of carboxylic acid groups (broad SMARTS) is 1. The van der Waals surface area contributed by atoms with Gasteiger partial charge in [0.05, 0.1) is 13.2 Å². The minimum Gasteiger partial charge on any atom is -0.480 e. The Balaban J connectivity index is 3.61. The summed E-state index contributed by atoms with van der Waals surface area (Å²) >= 11 is 0. The third-order valence-electron chi connectivity index (χ3n) is 1.41. The summed E-state index contributed by atoms with van der Waals surface area (Å²) < 4.78 is 0. The first-order valence-electron chi connectivity index (χ1n) is 3.86. The summed E-state index contributed by atoms with van der Waals surface area (Å²) in [5.41, 5.74) is 0. The largest absolute Gasteiger partial charge is 0.480 e. The Morgan fingerprint density at radius 2 is 1.83 bits per heavy atom. The highest BCUT2D eigenvalue weighted by Crippen LogP contribution is 1.90. The maximum atomic E-state index is 10.3. The number of aliphatic hydroxyl groups is 2. The van der Waals surface area contributed by atoms with Crippen LogP contribution in [0.1, 0.15) is 6.42 Å². The van der Waals surface area contributed by atoms with Crippen LogP contribution in [0, 0.1) is 0 Å². The van der Waals surface area contributed by atoms with Gasteiger partial charge in [-0.05, 0) is 6.42 Å². The molecule has 0 rings (SSSR count). The van der Waals surface area contributed by atoms with Crippen LogP contribution in [0.2, 0.25) is 0 Å². The van der Waals surface area contributed by atoms with Crippen LogP contribution in [-0.2, 0) is 4.79 Å². The van der Waals surface area contributed by atoms with Crippen LogP contribution in [0.5, 0.6) is 0 Å². The average Bonchev–Trinajstić information content (AvgIpc) is 2.00. The highest BCUT2D eigenvalue weighted by atomic mass is 16.4. The van der Waals surface area contributed by atoms with E-state index in [2.05, 4.69) is 0 Å². The summed E-state index contributed by atoms with van der Waals surface area (Å²) in [6.07, 6.45) is 0.535. The van der Waals surface area contributed by atoms with Gasteiger partial charge in [-0.2, -0.15) is 0 Å². The molecule has 0 bridgehead atoms. The topological polar surface area (TPSA) is 81.0 Å². The summed E-state index contributed by atoms with van der Waals surface area (Å²) in [4.78, 5) is 11.8. The molecule has 0 radical (unpaired) electrons. The zero-order valence-electron chi connectivity index (χ0n) is 6.94. The first-order chi connectivity index (χ1) is 5.70. The maximum Gasteiger partial charge on any atom is 0.317 e. The van der Waals surface area contributed by atoms with E-state index in [0.29, 0.717) is 19.5 Å². The molecule has 0 aromatic rings. The van der Waals surface area contributed by atoms with Gasteiger partial charge in [-0.25, -0.2) is 0 Å². The molecule has 3 N–H and O–H groups in total. The van der Waals surface area contributed by atoms with E-state index < -0.39 is 5.97 Å². The predicted octanol–water partition coefficient (Wildman–Crippen LogP) is -1.25. The third kappa shape index (κ3) is 6.09. The van der Waals surface area contributed by atoms with Gasteiger partial charge in [0, 0.05) is 19.7 Å². The lowest BCUT2D eigenvalue weighted by Crippen LogP contribution is -2.33. The van der Waals surface area contributed by atoms with E-state index in [9.17, 15) is 4.79 Å². The molecule has 0 aliphatic carbocycles. The van der Waals surface area contributed by atoms with Gasteiger partial charge in [-0.15, -0.1) is 0 Å². The Bertz CT molecular complexity index is 129. The molecule has 0 atom stereocenters. The van der Waals surface area contributed by atoms with Crippen LogP contribution >= 0.6 is 0 Å². The molecule has 0 spiro atoms. The predicted molar refractivity (Wildman–Crippen MR) is 42.9 cm³/mol. The Kier molecular flexibility index (Phi) is 6.64. The van der Waals surface area contributed by atoms with Gasteiger partial charge in [0.1, 0.15) is 0 Å². The molecule has 0 saturated carbocycles. The Morgan fingerprint density at radius 1 is 1.17 bits per heavy atom. The summed E-state index contributed by atoms with van der Waals surface area (Å²) in [7, 11) is 0. The van der Waals surface area contributed by atoms with Crippen LogP contribution in [0.25, 0.3) is 0 Å². The van der Waals surface area contributed by atoms with Gasteiger partial charge < -0.3 is 15.3 Å². The highest BCUT2D eigenvalue weighted by molar-refractivity contribution is 5.69. The lowest BCUT2D eigenvalue weighted by molar-refractivity contribution is -0.138. The van der Waals surface area contributed by atoms with Crippen LogP contribution in [-0.4, -0.2) is 59.0 Å². The number of aliphatic hydroxyl groups excluding tert-OH is 2. The van der Waals surface area contributed by atoms with Crippen molar-refractivity contribution >= 4 is 5.97 Å². The molecule has 0 amide bonds. The van der Waals surface area contributed by atoms with E-state index in [1.165, 1.54) is 0 Å². The van der Waals surface area contributed by atoms with Gasteiger partial charge in [0.15, 0.2) is 0 Å². The first kappa shape index (κ1) is 11.4. The van der Waals surface area contributed by atoms with Crippen molar-refractivity contribution in [2.24, 2.45) is 0 Å². The van der Waals surface area contributed by atoms with E-state index in [1.807, 2.05) is 0 Å². The molecule has 0 unspecified atom stereocenters. The van der Waals surface area contributed by atoms with Crippen molar-refractivity contribution in [1.82, 2.24) is 4.90 Å². The monoisotopic (exact) mass is 177 g/mol. The smallest absolute Gasteiger partial charge is 0.317 e. The lowest BCUT2D eigenvalue weighted by Gasteiger charge is -2.17. The average molecular weight is 177 g/mol. The maximum absolute atomic E-state index is 10.3. The van der Waals surface area contributed by atoms with Crippen LogP contribution in [0.4, 0.5) is 0 Å². The van der Waals surface area contributed by atoms with Crippen molar-refractivity contribution in [3.05, 3.63) is 0 Å². The van der Waals surface area contributed by atoms with Gasteiger partial charge in [-0.3, -0.25) is 9.69 Å². The van der Waals surface area contributed by atoms with Crippen molar-refractivity contribution in [2.75, 3.05) is 32.8 Å². The molecule has 0 aliphatic heterocycles. The van der Waals surface area contributed by atoms with E-state index in [1.54, 1.807) is 4.90 Å². The standard InChI is InChI=1S/C7H15NO4/c9-4-1-2-8(3-5-10)6-7(11)12/h9-10H,1-6H2,(H,11,12). The molecule has 0 aromatic carbocycles. The van der Waals surface area contributed by atoms with Gasteiger partial charge >= 0.3 is 5.97 Å².